The van der Waals surface area contributed by atoms with Gasteiger partial charge in [-0.2, -0.15) is 0 Å². The van der Waals surface area contributed by atoms with E-state index in [2.05, 4.69) is 9.98 Å². The monoisotopic (exact) mass is 336 g/mol. The van der Waals surface area contributed by atoms with Crippen molar-refractivity contribution in [2.45, 2.75) is 0 Å². The number of rotatable bonds is 3. The summed E-state index contributed by atoms with van der Waals surface area (Å²) < 4.78 is 1.11. The van der Waals surface area contributed by atoms with Crippen LogP contribution in [0.4, 0.5) is 5.69 Å². The minimum atomic E-state index is 0.221. The standard InChI is InChI=1S/C18H12N2OS2/c21-16-8-7-12(19-11-13-4-3-9-22-13)10-14(16)18-20-15-5-1-2-6-17(15)23-18/h1-11,21H/b19-11+. The molecule has 4 rings (SSSR count). The van der Waals surface area contributed by atoms with Crippen LogP contribution < -0.4 is 0 Å². The van der Waals surface area contributed by atoms with Gasteiger partial charge in [0.25, 0.3) is 0 Å². The van der Waals surface area contributed by atoms with E-state index in [1.54, 1.807) is 34.8 Å². The summed E-state index contributed by atoms with van der Waals surface area (Å²) in [6, 6.07) is 17.3. The highest BCUT2D eigenvalue weighted by Gasteiger charge is 2.11. The summed E-state index contributed by atoms with van der Waals surface area (Å²) in [4.78, 5) is 10.2. The SMILES string of the molecule is Oc1ccc(/N=C/c2cccs2)cc1-c1nc2ccccc2s1. The third kappa shape index (κ3) is 2.88. The van der Waals surface area contributed by atoms with Gasteiger partial charge in [0.15, 0.2) is 0 Å². The number of fused-ring (bicyclic) bond motifs is 1. The van der Waals surface area contributed by atoms with E-state index in [1.807, 2.05) is 54.1 Å². The number of benzene rings is 2. The Hall–Kier alpha value is -2.50. The number of aromatic nitrogens is 1. The second-order valence-electron chi connectivity index (χ2n) is 4.96. The number of aliphatic imine (C=N–C) groups is 1. The highest BCUT2D eigenvalue weighted by molar-refractivity contribution is 7.21. The van der Waals surface area contributed by atoms with Gasteiger partial charge in [-0.1, -0.05) is 18.2 Å². The maximum atomic E-state index is 10.2. The number of phenols is 1. The van der Waals surface area contributed by atoms with Gasteiger partial charge < -0.3 is 5.11 Å². The van der Waals surface area contributed by atoms with Crippen LogP contribution >= 0.6 is 22.7 Å². The molecular weight excluding hydrogens is 324 g/mol. The summed E-state index contributed by atoms with van der Waals surface area (Å²) >= 11 is 3.21. The predicted molar refractivity (Wildman–Crippen MR) is 98.3 cm³/mol. The Labute approximate surface area is 141 Å². The average Bonchev–Trinajstić information content (AvgIpc) is 3.23. The number of thiophene rings is 1. The second-order valence-corrected chi connectivity index (χ2v) is 6.97. The van der Waals surface area contributed by atoms with Crippen molar-refractivity contribution in [2.24, 2.45) is 4.99 Å². The maximum absolute atomic E-state index is 10.2. The molecule has 3 nitrogen and oxygen atoms in total. The molecule has 0 atom stereocenters. The Kier molecular flexibility index (Phi) is 3.65. The molecular formula is C18H12N2OS2. The van der Waals surface area contributed by atoms with Crippen LogP contribution in [0.2, 0.25) is 0 Å². The van der Waals surface area contributed by atoms with Crippen molar-refractivity contribution < 1.29 is 5.11 Å². The van der Waals surface area contributed by atoms with E-state index in [1.165, 1.54) is 0 Å². The second kappa shape index (κ2) is 5.95. The summed E-state index contributed by atoms with van der Waals surface area (Å²) in [7, 11) is 0. The quantitative estimate of drug-likeness (QED) is 0.503. The third-order valence-electron chi connectivity index (χ3n) is 3.39. The largest absolute Gasteiger partial charge is 0.507 e. The molecule has 0 unspecified atom stereocenters. The van der Waals surface area contributed by atoms with Crippen molar-refractivity contribution in [3.63, 3.8) is 0 Å². The van der Waals surface area contributed by atoms with Crippen LogP contribution in [0.5, 0.6) is 5.75 Å². The lowest BCUT2D eigenvalue weighted by atomic mass is 10.2. The molecule has 0 aliphatic heterocycles. The lowest BCUT2D eigenvalue weighted by molar-refractivity contribution is 0.477. The summed E-state index contributed by atoms with van der Waals surface area (Å²) in [6.07, 6.45) is 1.83. The first kappa shape index (κ1) is 14.1. The lowest BCUT2D eigenvalue weighted by Gasteiger charge is -2.02. The van der Waals surface area contributed by atoms with Gasteiger partial charge in [0, 0.05) is 11.1 Å². The number of para-hydroxylation sites is 1. The molecule has 0 bridgehead atoms. The fraction of sp³-hybridized carbons (Fsp3) is 0. The predicted octanol–water partition coefficient (Wildman–Crippen LogP) is 5.48. The first-order valence-corrected chi connectivity index (χ1v) is 8.76. The van der Waals surface area contributed by atoms with Crippen LogP contribution in [0.3, 0.4) is 0 Å². The van der Waals surface area contributed by atoms with Crippen LogP contribution in [0.1, 0.15) is 4.88 Å². The van der Waals surface area contributed by atoms with Crippen molar-refractivity contribution in [3.8, 4) is 16.3 Å². The minimum Gasteiger partial charge on any atom is -0.507 e. The molecule has 5 heteroatoms. The number of phenolic OH excluding ortho intramolecular Hbond substituents is 1. The number of hydrogen-bond donors (Lipinski definition) is 1. The molecule has 4 aromatic rings. The van der Waals surface area contributed by atoms with E-state index >= 15 is 0 Å². The summed E-state index contributed by atoms with van der Waals surface area (Å²) in [5.74, 6) is 0.221. The van der Waals surface area contributed by atoms with Gasteiger partial charge in [-0.3, -0.25) is 4.99 Å². The molecule has 0 amide bonds. The van der Waals surface area contributed by atoms with Gasteiger partial charge in [-0.15, -0.1) is 22.7 Å². The number of hydrogen-bond acceptors (Lipinski definition) is 5. The van der Waals surface area contributed by atoms with E-state index in [0.29, 0.717) is 5.56 Å². The van der Waals surface area contributed by atoms with Crippen LogP contribution in [0, 0.1) is 0 Å². The lowest BCUT2D eigenvalue weighted by Crippen LogP contribution is -1.79. The van der Waals surface area contributed by atoms with Gasteiger partial charge in [0.2, 0.25) is 0 Å². The van der Waals surface area contributed by atoms with Gasteiger partial charge >= 0.3 is 0 Å². The molecule has 0 saturated carbocycles. The fourth-order valence-electron chi connectivity index (χ4n) is 2.27. The van der Waals surface area contributed by atoms with Crippen LogP contribution in [-0.2, 0) is 0 Å². The normalized spacial score (nSPS) is 11.5. The highest BCUT2D eigenvalue weighted by Crippen LogP contribution is 2.37. The van der Waals surface area contributed by atoms with E-state index < -0.39 is 0 Å². The summed E-state index contributed by atoms with van der Waals surface area (Å²) in [5.41, 5.74) is 2.46. The number of thiazole rings is 1. The average molecular weight is 336 g/mol. The Balaban J connectivity index is 1.74. The molecule has 0 aliphatic carbocycles. The van der Waals surface area contributed by atoms with E-state index in [0.717, 1.165) is 25.8 Å². The highest BCUT2D eigenvalue weighted by atomic mass is 32.1. The molecule has 0 saturated heterocycles. The molecule has 2 aromatic heterocycles. The molecule has 0 aliphatic rings. The van der Waals surface area contributed by atoms with Crippen molar-refractivity contribution in [2.75, 3.05) is 0 Å². The Morgan fingerprint density at radius 3 is 2.78 bits per heavy atom. The maximum Gasteiger partial charge on any atom is 0.128 e. The van der Waals surface area contributed by atoms with Crippen molar-refractivity contribution in [3.05, 3.63) is 64.9 Å². The minimum absolute atomic E-state index is 0.221. The number of nitrogens with zero attached hydrogens (tertiary/aromatic N) is 2. The van der Waals surface area contributed by atoms with Gasteiger partial charge in [-0.25, -0.2) is 4.98 Å². The molecule has 2 heterocycles. The van der Waals surface area contributed by atoms with Crippen LogP contribution in [-0.4, -0.2) is 16.3 Å². The van der Waals surface area contributed by atoms with Crippen molar-refractivity contribution >= 4 is 44.8 Å². The third-order valence-corrected chi connectivity index (χ3v) is 5.27. The first-order valence-electron chi connectivity index (χ1n) is 7.06. The van der Waals surface area contributed by atoms with E-state index in [-0.39, 0.29) is 5.75 Å². The van der Waals surface area contributed by atoms with Gasteiger partial charge in [-0.05, 0) is 41.8 Å². The summed E-state index contributed by atoms with van der Waals surface area (Å²) in [6.45, 7) is 0. The van der Waals surface area contributed by atoms with E-state index in [4.69, 9.17) is 0 Å². The van der Waals surface area contributed by atoms with Crippen LogP contribution in [0.15, 0.2) is 65.0 Å². The fourth-order valence-corrected chi connectivity index (χ4v) is 3.84. The Morgan fingerprint density at radius 2 is 1.96 bits per heavy atom. The Morgan fingerprint density at radius 1 is 1.04 bits per heavy atom. The van der Waals surface area contributed by atoms with Crippen molar-refractivity contribution in [1.29, 1.82) is 0 Å². The zero-order valence-electron chi connectivity index (χ0n) is 12.0. The molecule has 2 aromatic carbocycles. The Bertz CT molecular complexity index is 954. The zero-order chi connectivity index (χ0) is 15.6. The zero-order valence-corrected chi connectivity index (χ0v) is 13.6. The molecule has 23 heavy (non-hydrogen) atoms. The van der Waals surface area contributed by atoms with Gasteiger partial charge in [0.05, 0.1) is 21.5 Å². The summed E-state index contributed by atoms with van der Waals surface area (Å²) in [5, 5.41) is 13.0. The van der Waals surface area contributed by atoms with Crippen molar-refractivity contribution in [1.82, 2.24) is 4.98 Å². The van der Waals surface area contributed by atoms with Crippen LogP contribution in [0.25, 0.3) is 20.8 Å². The molecule has 0 radical (unpaired) electrons. The topological polar surface area (TPSA) is 45.5 Å². The number of aromatic hydroxyl groups is 1. The first-order chi connectivity index (χ1) is 11.3. The molecule has 0 spiro atoms. The molecule has 0 fully saturated rings. The molecule has 1 N–H and O–H groups in total. The van der Waals surface area contributed by atoms with Gasteiger partial charge in [0.1, 0.15) is 10.8 Å². The smallest absolute Gasteiger partial charge is 0.128 e. The van der Waals surface area contributed by atoms with E-state index in [9.17, 15) is 5.11 Å². The molecule has 112 valence electrons.